The highest BCUT2D eigenvalue weighted by molar-refractivity contribution is 5.89. The predicted molar refractivity (Wildman–Crippen MR) is 95.0 cm³/mol. The molecule has 7 heteroatoms. The Hall–Kier alpha value is -1.60. The van der Waals surface area contributed by atoms with Crippen LogP contribution in [0.25, 0.3) is 0 Å². The molecule has 1 unspecified atom stereocenters. The van der Waals surface area contributed by atoms with Crippen molar-refractivity contribution in [2.24, 2.45) is 5.92 Å². The molecule has 0 aliphatic carbocycles. The van der Waals surface area contributed by atoms with Gasteiger partial charge in [-0.25, -0.2) is 4.79 Å². The van der Waals surface area contributed by atoms with Gasteiger partial charge in [0.2, 0.25) is 0 Å². The molecule has 0 aromatic carbocycles. The van der Waals surface area contributed by atoms with Crippen LogP contribution in [0.1, 0.15) is 39.5 Å². The van der Waals surface area contributed by atoms with Crippen LogP contribution >= 0.6 is 0 Å². The number of aliphatic hydroxyl groups excluding tert-OH is 1. The number of hydrogen-bond donors (Lipinski definition) is 3. The number of aromatic nitrogens is 2. The second kappa shape index (κ2) is 9.64. The molecule has 3 N–H and O–H groups in total. The second-order valence-electron chi connectivity index (χ2n) is 6.86. The predicted octanol–water partition coefficient (Wildman–Crippen LogP) is 1.90. The summed E-state index contributed by atoms with van der Waals surface area (Å²) in [5.41, 5.74) is 0.692. The number of piperidine rings is 1. The van der Waals surface area contributed by atoms with E-state index in [1.54, 1.807) is 6.20 Å². The number of nitrogens with one attached hydrogen (secondary N) is 2. The van der Waals surface area contributed by atoms with Crippen LogP contribution in [0.4, 0.5) is 10.5 Å². The van der Waals surface area contributed by atoms with E-state index in [9.17, 15) is 4.79 Å². The Balaban J connectivity index is 1.76. The first kappa shape index (κ1) is 18.7. The minimum absolute atomic E-state index is 0.0378. The molecule has 2 amide bonds. The fraction of sp³-hybridized carbons (Fsp3) is 0.765. The summed E-state index contributed by atoms with van der Waals surface area (Å²) in [6, 6.07) is -0.290. The van der Waals surface area contributed by atoms with Crippen molar-refractivity contribution in [2.45, 2.75) is 52.1 Å². The van der Waals surface area contributed by atoms with E-state index in [0.29, 0.717) is 12.1 Å². The number of amides is 2. The van der Waals surface area contributed by atoms with E-state index in [1.807, 2.05) is 24.7 Å². The van der Waals surface area contributed by atoms with Crippen LogP contribution in [0, 0.1) is 5.92 Å². The third-order valence-corrected chi connectivity index (χ3v) is 4.55. The number of carbonyl (C=O) groups excluding carboxylic acids is 1. The highest BCUT2D eigenvalue weighted by atomic mass is 16.3. The molecule has 1 saturated heterocycles. The van der Waals surface area contributed by atoms with Crippen LogP contribution in [0.15, 0.2) is 12.4 Å². The van der Waals surface area contributed by atoms with E-state index < -0.39 is 0 Å². The summed E-state index contributed by atoms with van der Waals surface area (Å²) in [5, 5.41) is 19.1. The first-order chi connectivity index (χ1) is 11.6. The Morgan fingerprint density at radius 2 is 2.04 bits per heavy atom. The molecular weight excluding hydrogens is 306 g/mol. The third-order valence-electron chi connectivity index (χ3n) is 4.55. The van der Waals surface area contributed by atoms with Crippen molar-refractivity contribution in [3.63, 3.8) is 0 Å². The quantitative estimate of drug-likeness (QED) is 0.677. The lowest BCUT2D eigenvalue weighted by Crippen LogP contribution is -2.41. The second-order valence-corrected chi connectivity index (χ2v) is 6.86. The summed E-state index contributed by atoms with van der Waals surface area (Å²) in [6.07, 6.45) is 8.01. The summed E-state index contributed by atoms with van der Waals surface area (Å²) in [7, 11) is 0. The maximum absolute atomic E-state index is 12.1. The maximum Gasteiger partial charge on any atom is 0.319 e. The van der Waals surface area contributed by atoms with Crippen LogP contribution in [-0.4, -0.2) is 58.1 Å². The highest BCUT2D eigenvalue weighted by Gasteiger charge is 2.16. The van der Waals surface area contributed by atoms with Gasteiger partial charge in [-0.05, 0) is 38.3 Å². The van der Waals surface area contributed by atoms with Gasteiger partial charge in [0.25, 0.3) is 0 Å². The van der Waals surface area contributed by atoms with Crippen LogP contribution in [0.3, 0.4) is 0 Å². The molecule has 0 bridgehead atoms. The van der Waals surface area contributed by atoms with Gasteiger partial charge in [0.05, 0.1) is 18.4 Å². The van der Waals surface area contributed by atoms with Gasteiger partial charge in [-0.2, -0.15) is 5.10 Å². The van der Waals surface area contributed by atoms with Crippen LogP contribution in [0.2, 0.25) is 0 Å². The lowest BCUT2D eigenvalue weighted by atomic mass is 10.0. The van der Waals surface area contributed by atoms with Crippen molar-refractivity contribution in [1.29, 1.82) is 0 Å². The standard InChI is InChI=1S/C17H31N5O2/c1-14(2)16(6-11-23)20-17(24)19-15-12-18-22(13-15)10-9-21-7-4-3-5-8-21/h12-14,16,23H,3-11H2,1-2H3,(H2,19,20,24). The smallest absolute Gasteiger partial charge is 0.319 e. The number of anilines is 1. The van der Waals surface area contributed by atoms with Crippen LogP contribution in [-0.2, 0) is 6.54 Å². The van der Waals surface area contributed by atoms with Gasteiger partial charge in [-0.1, -0.05) is 20.3 Å². The lowest BCUT2D eigenvalue weighted by molar-refractivity contribution is 0.218. The van der Waals surface area contributed by atoms with Gasteiger partial charge in [0, 0.05) is 25.4 Å². The fourth-order valence-electron chi connectivity index (χ4n) is 3.02. The van der Waals surface area contributed by atoms with Crippen molar-refractivity contribution in [1.82, 2.24) is 20.0 Å². The Bertz CT molecular complexity index is 497. The number of rotatable bonds is 8. The number of likely N-dealkylation sites (tertiary alicyclic amines) is 1. The van der Waals surface area contributed by atoms with Gasteiger partial charge in [0.1, 0.15) is 0 Å². The first-order valence-electron chi connectivity index (χ1n) is 9.01. The minimum atomic E-state index is -0.252. The normalized spacial score (nSPS) is 17.0. The number of urea groups is 1. The molecule has 1 fully saturated rings. The molecule has 0 saturated carbocycles. The average molecular weight is 337 g/mol. The molecule has 1 aromatic heterocycles. The highest BCUT2D eigenvalue weighted by Crippen LogP contribution is 2.10. The summed E-state index contributed by atoms with van der Waals surface area (Å²) in [5.74, 6) is 0.273. The third kappa shape index (κ3) is 6.13. The Kier molecular flexibility index (Phi) is 7.52. The van der Waals surface area contributed by atoms with Gasteiger partial charge in [-0.15, -0.1) is 0 Å². The van der Waals surface area contributed by atoms with Crippen molar-refractivity contribution < 1.29 is 9.90 Å². The molecule has 0 spiro atoms. The van der Waals surface area contributed by atoms with E-state index in [1.165, 1.54) is 32.4 Å². The topological polar surface area (TPSA) is 82.4 Å². The Labute approximate surface area is 144 Å². The number of nitrogens with zero attached hydrogens (tertiary/aromatic N) is 3. The molecule has 1 atom stereocenters. The number of aliphatic hydroxyl groups is 1. The summed E-state index contributed by atoms with van der Waals surface area (Å²) in [6.45, 7) is 8.31. The van der Waals surface area contributed by atoms with E-state index in [0.717, 1.165) is 13.1 Å². The molecule has 1 aromatic rings. The molecule has 24 heavy (non-hydrogen) atoms. The zero-order valence-electron chi connectivity index (χ0n) is 14.9. The Morgan fingerprint density at radius 1 is 1.29 bits per heavy atom. The Morgan fingerprint density at radius 3 is 2.71 bits per heavy atom. The molecule has 1 aliphatic rings. The first-order valence-corrected chi connectivity index (χ1v) is 9.01. The van der Waals surface area contributed by atoms with E-state index >= 15 is 0 Å². The minimum Gasteiger partial charge on any atom is -0.396 e. The van der Waals surface area contributed by atoms with Crippen molar-refractivity contribution in [2.75, 3.05) is 31.6 Å². The van der Waals surface area contributed by atoms with Crippen LogP contribution in [0.5, 0.6) is 0 Å². The number of carbonyl (C=O) groups is 1. The maximum atomic E-state index is 12.1. The monoisotopic (exact) mass is 337 g/mol. The molecule has 7 nitrogen and oxygen atoms in total. The van der Waals surface area contributed by atoms with Crippen LogP contribution < -0.4 is 10.6 Å². The summed E-state index contributed by atoms with van der Waals surface area (Å²) < 4.78 is 1.87. The van der Waals surface area contributed by atoms with Crippen molar-refractivity contribution >= 4 is 11.7 Å². The SMILES string of the molecule is CC(C)C(CCO)NC(=O)Nc1cnn(CCN2CCCCC2)c1. The molecule has 2 rings (SSSR count). The lowest BCUT2D eigenvalue weighted by Gasteiger charge is -2.26. The van der Waals surface area contributed by atoms with E-state index in [4.69, 9.17) is 5.11 Å². The molecule has 2 heterocycles. The number of hydrogen-bond acceptors (Lipinski definition) is 4. The molecule has 136 valence electrons. The largest absolute Gasteiger partial charge is 0.396 e. The average Bonchev–Trinajstić information content (AvgIpc) is 3.00. The van der Waals surface area contributed by atoms with Crippen molar-refractivity contribution in [3.8, 4) is 0 Å². The molecular formula is C17H31N5O2. The summed E-state index contributed by atoms with van der Waals surface area (Å²) in [4.78, 5) is 14.5. The molecule has 1 aliphatic heterocycles. The molecule has 0 radical (unpaired) electrons. The van der Waals surface area contributed by atoms with E-state index in [-0.39, 0.29) is 24.6 Å². The van der Waals surface area contributed by atoms with Gasteiger partial charge in [-0.3, -0.25) is 4.68 Å². The zero-order valence-corrected chi connectivity index (χ0v) is 14.9. The van der Waals surface area contributed by atoms with Gasteiger partial charge < -0.3 is 20.6 Å². The van der Waals surface area contributed by atoms with Crippen molar-refractivity contribution in [3.05, 3.63) is 12.4 Å². The van der Waals surface area contributed by atoms with Gasteiger partial charge in [0.15, 0.2) is 0 Å². The fourth-order valence-corrected chi connectivity index (χ4v) is 3.02. The summed E-state index contributed by atoms with van der Waals surface area (Å²) >= 11 is 0. The van der Waals surface area contributed by atoms with E-state index in [2.05, 4.69) is 20.6 Å². The van der Waals surface area contributed by atoms with Gasteiger partial charge >= 0.3 is 6.03 Å². The zero-order chi connectivity index (χ0) is 17.4.